The number of aliphatic carboxylic acids is 1. The highest BCUT2D eigenvalue weighted by molar-refractivity contribution is 8.01. The van der Waals surface area contributed by atoms with E-state index in [1.54, 1.807) is 4.68 Å². The fourth-order valence-electron chi connectivity index (χ4n) is 2.34. The van der Waals surface area contributed by atoms with E-state index >= 15 is 0 Å². The van der Waals surface area contributed by atoms with Crippen LogP contribution in [0.25, 0.3) is 0 Å². The Hall–Kier alpha value is -1.59. The number of tetrazole rings is 1. The molecule has 0 aliphatic carbocycles. The predicted molar refractivity (Wildman–Crippen MR) is 79.9 cm³/mol. The van der Waals surface area contributed by atoms with E-state index in [0.29, 0.717) is 28.8 Å². The molecule has 1 unspecified atom stereocenters. The maximum absolute atomic E-state index is 11.8. The average molecular weight is 342 g/mol. The topological polar surface area (TPSA) is 127 Å². The smallest absolute Gasteiger partial charge is 0.352 e. The summed E-state index contributed by atoms with van der Waals surface area (Å²) in [6.07, 6.45) is 0. The monoisotopic (exact) mass is 342 g/mol. The van der Waals surface area contributed by atoms with E-state index in [2.05, 4.69) is 15.5 Å². The van der Waals surface area contributed by atoms with Crippen LogP contribution < -0.4 is 5.73 Å². The number of carbonyl (C=O) groups is 2. The maximum Gasteiger partial charge on any atom is 0.352 e. The van der Waals surface area contributed by atoms with Gasteiger partial charge in [-0.3, -0.25) is 9.69 Å². The number of thioether (sulfide) groups is 2. The van der Waals surface area contributed by atoms with Crippen molar-refractivity contribution in [3.63, 3.8) is 0 Å². The lowest BCUT2D eigenvalue weighted by molar-refractivity contribution is -0.147. The van der Waals surface area contributed by atoms with Crippen molar-refractivity contribution < 1.29 is 14.7 Å². The summed E-state index contributed by atoms with van der Waals surface area (Å²) < 4.78 is 1.63. The molecule has 0 bridgehead atoms. The van der Waals surface area contributed by atoms with Crippen molar-refractivity contribution in [3.8, 4) is 0 Å². The number of aryl methyl sites for hydroxylation is 1. The van der Waals surface area contributed by atoms with Gasteiger partial charge in [-0.1, -0.05) is 11.8 Å². The number of rotatable bonds is 5. The molecule has 1 aromatic rings. The number of hydrogen-bond donors (Lipinski definition) is 2. The quantitative estimate of drug-likeness (QED) is 0.531. The largest absolute Gasteiger partial charge is 0.477 e. The fraction of sp³-hybridized carbons (Fsp3) is 0.545. The molecule has 22 heavy (non-hydrogen) atoms. The lowest BCUT2D eigenvalue weighted by Crippen LogP contribution is -2.68. The summed E-state index contributed by atoms with van der Waals surface area (Å²) in [5, 5.41) is 21.1. The second-order valence-corrected chi connectivity index (χ2v) is 6.81. The van der Waals surface area contributed by atoms with Crippen molar-refractivity contribution in [1.82, 2.24) is 25.1 Å². The van der Waals surface area contributed by atoms with Gasteiger partial charge in [0.25, 0.3) is 0 Å². The summed E-state index contributed by atoms with van der Waals surface area (Å²) in [6, 6.07) is -0.610. The summed E-state index contributed by atoms with van der Waals surface area (Å²) in [6.45, 7) is 2.56. The molecule has 0 aromatic carbocycles. The Balaban J connectivity index is 1.81. The second kappa shape index (κ2) is 5.89. The Morgan fingerprint density at radius 3 is 3.05 bits per heavy atom. The number of nitrogens with zero attached hydrogens (tertiary/aromatic N) is 5. The molecule has 11 heteroatoms. The number of amides is 1. The molecule has 2 atom stereocenters. The van der Waals surface area contributed by atoms with Gasteiger partial charge in [0.15, 0.2) is 0 Å². The van der Waals surface area contributed by atoms with Crippen LogP contribution in [0.1, 0.15) is 6.92 Å². The maximum atomic E-state index is 11.8. The molecule has 118 valence electrons. The molecule has 2 aliphatic heterocycles. The molecule has 0 saturated carbocycles. The van der Waals surface area contributed by atoms with Crippen molar-refractivity contribution in [1.29, 1.82) is 0 Å². The summed E-state index contributed by atoms with van der Waals surface area (Å²) in [5.41, 5.74) is 6.45. The Labute approximate surface area is 134 Å². The van der Waals surface area contributed by atoms with E-state index in [1.165, 1.54) is 28.4 Å². The Kier molecular flexibility index (Phi) is 4.10. The van der Waals surface area contributed by atoms with Crippen molar-refractivity contribution in [2.75, 3.05) is 11.5 Å². The number of aromatic nitrogens is 4. The Bertz CT molecular complexity index is 660. The van der Waals surface area contributed by atoms with E-state index in [0.717, 1.165) is 0 Å². The minimum atomic E-state index is -1.10. The Morgan fingerprint density at radius 2 is 2.36 bits per heavy atom. The number of nitrogens with two attached hydrogens (primary N) is 1. The van der Waals surface area contributed by atoms with Gasteiger partial charge in [-0.05, 0) is 22.9 Å². The van der Waals surface area contributed by atoms with Gasteiger partial charge in [0, 0.05) is 18.1 Å². The predicted octanol–water partition coefficient (Wildman–Crippen LogP) is -0.634. The first-order valence-corrected chi connectivity index (χ1v) is 8.62. The summed E-state index contributed by atoms with van der Waals surface area (Å²) in [7, 11) is 0. The summed E-state index contributed by atoms with van der Waals surface area (Å²) in [5.74, 6) is -0.489. The molecule has 0 spiro atoms. The molecule has 0 radical (unpaired) electrons. The van der Waals surface area contributed by atoms with Crippen LogP contribution in [0.15, 0.2) is 16.4 Å². The van der Waals surface area contributed by atoms with Crippen molar-refractivity contribution in [3.05, 3.63) is 11.3 Å². The van der Waals surface area contributed by atoms with E-state index in [9.17, 15) is 14.7 Å². The van der Waals surface area contributed by atoms with Crippen LogP contribution in [-0.4, -0.2) is 65.0 Å². The van der Waals surface area contributed by atoms with Gasteiger partial charge >= 0.3 is 5.97 Å². The molecular formula is C11H14N6O3S2. The van der Waals surface area contributed by atoms with Gasteiger partial charge < -0.3 is 10.8 Å². The van der Waals surface area contributed by atoms with Crippen LogP contribution in [0.3, 0.4) is 0 Å². The summed E-state index contributed by atoms with van der Waals surface area (Å²) in [4.78, 5) is 24.7. The van der Waals surface area contributed by atoms with Gasteiger partial charge in [0.05, 0.1) is 0 Å². The van der Waals surface area contributed by atoms with Crippen LogP contribution in [0.5, 0.6) is 0 Å². The second-order valence-electron chi connectivity index (χ2n) is 4.76. The average Bonchev–Trinajstić information content (AvgIpc) is 2.98. The van der Waals surface area contributed by atoms with Gasteiger partial charge in [-0.25, -0.2) is 9.48 Å². The molecule has 1 fully saturated rings. The third-order valence-electron chi connectivity index (χ3n) is 3.47. The zero-order valence-electron chi connectivity index (χ0n) is 11.7. The molecule has 9 nitrogen and oxygen atoms in total. The molecule has 1 amide bonds. The van der Waals surface area contributed by atoms with E-state index in [1.807, 2.05) is 6.92 Å². The zero-order chi connectivity index (χ0) is 15.9. The molecule has 2 aliphatic rings. The lowest BCUT2D eigenvalue weighted by Gasteiger charge is -2.48. The van der Waals surface area contributed by atoms with E-state index in [4.69, 9.17) is 5.73 Å². The first kappa shape index (κ1) is 15.3. The third-order valence-corrected chi connectivity index (χ3v) is 5.87. The lowest BCUT2D eigenvalue weighted by atomic mass is 10.0. The van der Waals surface area contributed by atoms with Crippen molar-refractivity contribution in [2.24, 2.45) is 5.73 Å². The molecule has 3 heterocycles. The highest BCUT2D eigenvalue weighted by Crippen LogP contribution is 2.40. The van der Waals surface area contributed by atoms with Gasteiger partial charge in [-0.15, -0.1) is 16.9 Å². The van der Waals surface area contributed by atoms with Gasteiger partial charge in [-0.2, -0.15) is 0 Å². The minimum Gasteiger partial charge on any atom is -0.477 e. The van der Waals surface area contributed by atoms with E-state index < -0.39 is 12.0 Å². The fourth-order valence-corrected chi connectivity index (χ4v) is 4.71. The van der Waals surface area contributed by atoms with Crippen LogP contribution >= 0.6 is 23.5 Å². The standard InChI is InChI=1S/C11H14N6O3S2/c1-2-16-11(13-14-15-16)22-4-5-3-21-9-6(12)8(18)17(9)7(5)10(19)20/h6,9H,2-4,12H2,1H3,(H,19,20)/t6?,9-/m1/s1. The Morgan fingerprint density at radius 1 is 1.59 bits per heavy atom. The van der Waals surface area contributed by atoms with E-state index in [-0.39, 0.29) is 17.0 Å². The summed E-state index contributed by atoms with van der Waals surface area (Å²) >= 11 is 2.85. The third kappa shape index (κ3) is 2.38. The van der Waals surface area contributed by atoms with Crippen molar-refractivity contribution in [2.45, 2.75) is 30.0 Å². The van der Waals surface area contributed by atoms with Crippen LogP contribution in [0.4, 0.5) is 0 Å². The number of carboxylic acids is 1. The molecule has 1 saturated heterocycles. The van der Waals surface area contributed by atoms with Gasteiger partial charge in [0.2, 0.25) is 11.1 Å². The molecule has 3 rings (SSSR count). The minimum absolute atomic E-state index is 0.0541. The zero-order valence-corrected chi connectivity index (χ0v) is 13.3. The van der Waals surface area contributed by atoms with Crippen molar-refractivity contribution >= 4 is 35.4 Å². The number of hydrogen-bond acceptors (Lipinski definition) is 8. The highest BCUT2D eigenvalue weighted by Gasteiger charge is 2.51. The number of carboxylic acid groups (broad SMARTS) is 1. The highest BCUT2D eigenvalue weighted by atomic mass is 32.2. The van der Waals surface area contributed by atoms with Gasteiger partial charge in [0.1, 0.15) is 17.1 Å². The number of carbonyl (C=O) groups excluding carboxylic acids is 1. The number of fused-ring (bicyclic) bond motifs is 1. The molecule has 3 N–H and O–H groups in total. The SMILES string of the molecule is CCn1nnnc1SCC1=C(C(=O)O)N2C(=O)C(N)[C@H]2SC1. The van der Waals surface area contributed by atoms with Crippen LogP contribution in [-0.2, 0) is 16.1 Å². The van der Waals surface area contributed by atoms with Crippen LogP contribution in [0, 0.1) is 0 Å². The first-order valence-electron chi connectivity index (χ1n) is 6.59. The molecule has 1 aromatic heterocycles. The molecular weight excluding hydrogens is 328 g/mol. The first-order chi connectivity index (χ1) is 10.5. The normalized spacial score (nSPS) is 24.3. The number of β-lactam (4-membered cyclic amide) rings is 1. The van der Waals surface area contributed by atoms with Crippen LogP contribution in [0.2, 0.25) is 0 Å².